The summed E-state index contributed by atoms with van der Waals surface area (Å²) in [5.41, 5.74) is -0.612. The second kappa shape index (κ2) is 5.94. The monoisotopic (exact) mass is 341 g/mol. The SMILES string of the molecule is Cc1c(Br)c(C(F)(F)F)nn1CCC(=O)NC(C)C. The highest BCUT2D eigenvalue weighted by Crippen LogP contribution is 2.35. The minimum atomic E-state index is -4.50. The summed E-state index contributed by atoms with van der Waals surface area (Å²) in [5.74, 6) is -0.213. The maximum atomic E-state index is 12.6. The van der Waals surface area contributed by atoms with Gasteiger partial charge in [0.25, 0.3) is 0 Å². The topological polar surface area (TPSA) is 46.9 Å². The molecule has 1 heterocycles. The van der Waals surface area contributed by atoms with Crippen molar-refractivity contribution in [3.8, 4) is 0 Å². The number of aromatic nitrogens is 2. The Hall–Kier alpha value is -1.05. The molecule has 0 spiro atoms. The number of nitrogens with zero attached hydrogens (tertiary/aromatic N) is 2. The molecule has 0 aliphatic carbocycles. The van der Waals surface area contributed by atoms with Crippen molar-refractivity contribution in [3.05, 3.63) is 15.9 Å². The number of halogens is 4. The van der Waals surface area contributed by atoms with Gasteiger partial charge in [0.15, 0.2) is 5.69 Å². The predicted molar refractivity (Wildman–Crippen MR) is 67.6 cm³/mol. The van der Waals surface area contributed by atoms with Crippen molar-refractivity contribution in [2.75, 3.05) is 0 Å². The van der Waals surface area contributed by atoms with Crippen LogP contribution in [0.25, 0.3) is 0 Å². The van der Waals surface area contributed by atoms with Crippen LogP contribution in [0.1, 0.15) is 31.7 Å². The molecule has 1 aromatic heterocycles. The van der Waals surface area contributed by atoms with Crippen LogP contribution in [0.4, 0.5) is 13.2 Å². The summed E-state index contributed by atoms with van der Waals surface area (Å²) in [5, 5.41) is 6.17. The van der Waals surface area contributed by atoms with E-state index in [-0.39, 0.29) is 29.4 Å². The molecule has 1 amide bonds. The van der Waals surface area contributed by atoms with Crippen LogP contribution in [0.15, 0.2) is 4.47 Å². The van der Waals surface area contributed by atoms with Crippen molar-refractivity contribution in [1.82, 2.24) is 15.1 Å². The van der Waals surface area contributed by atoms with Crippen LogP contribution in [-0.2, 0) is 17.5 Å². The van der Waals surface area contributed by atoms with Gasteiger partial charge in [-0.25, -0.2) is 0 Å². The summed E-state index contributed by atoms with van der Waals surface area (Å²) in [6.45, 7) is 5.26. The molecule has 1 N–H and O–H groups in total. The molecule has 19 heavy (non-hydrogen) atoms. The number of carbonyl (C=O) groups excluding carboxylic acids is 1. The molecule has 0 fully saturated rings. The minimum Gasteiger partial charge on any atom is -0.354 e. The van der Waals surface area contributed by atoms with E-state index in [1.165, 1.54) is 11.6 Å². The molecule has 8 heteroatoms. The standard InChI is InChI=1S/C11H15BrF3N3O/c1-6(2)16-8(19)4-5-18-7(3)9(12)10(17-18)11(13,14)15/h6H,4-5H2,1-3H3,(H,16,19). The molecule has 1 aromatic rings. The van der Waals surface area contributed by atoms with Crippen molar-refractivity contribution in [2.24, 2.45) is 0 Å². The summed E-state index contributed by atoms with van der Waals surface area (Å²) in [7, 11) is 0. The van der Waals surface area contributed by atoms with Gasteiger partial charge in [-0.2, -0.15) is 18.3 Å². The third-order valence-electron chi connectivity index (χ3n) is 2.40. The zero-order valence-electron chi connectivity index (χ0n) is 10.8. The van der Waals surface area contributed by atoms with E-state index in [0.29, 0.717) is 5.69 Å². The van der Waals surface area contributed by atoms with Crippen molar-refractivity contribution < 1.29 is 18.0 Å². The maximum Gasteiger partial charge on any atom is 0.436 e. The lowest BCUT2D eigenvalue weighted by molar-refractivity contribution is -0.142. The first-order chi connectivity index (χ1) is 8.62. The van der Waals surface area contributed by atoms with Crippen LogP contribution < -0.4 is 5.32 Å². The highest BCUT2D eigenvalue weighted by atomic mass is 79.9. The van der Waals surface area contributed by atoms with Crippen LogP contribution in [0, 0.1) is 6.92 Å². The maximum absolute atomic E-state index is 12.6. The third kappa shape index (κ3) is 4.22. The third-order valence-corrected chi connectivity index (χ3v) is 3.35. The molecule has 0 unspecified atom stereocenters. The molecule has 4 nitrogen and oxygen atoms in total. The number of nitrogens with one attached hydrogen (secondary N) is 1. The Morgan fingerprint density at radius 2 is 2.05 bits per heavy atom. The van der Waals surface area contributed by atoms with E-state index in [2.05, 4.69) is 26.3 Å². The fourth-order valence-electron chi connectivity index (χ4n) is 1.52. The fourth-order valence-corrected chi connectivity index (χ4v) is 2.03. The summed E-state index contributed by atoms with van der Waals surface area (Å²) in [6.07, 6.45) is -4.42. The molecule has 1 rings (SSSR count). The molecule has 0 radical (unpaired) electrons. The number of alkyl halides is 3. The second-order valence-corrected chi connectivity index (χ2v) is 5.23. The van der Waals surface area contributed by atoms with Crippen molar-refractivity contribution in [2.45, 2.75) is 46.0 Å². The Morgan fingerprint density at radius 1 is 1.47 bits per heavy atom. The predicted octanol–water partition coefficient (Wildman–Crippen LogP) is 2.89. The van der Waals surface area contributed by atoms with Gasteiger partial charge < -0.3 is 5.32 Å². The summed E-state index contributed by atoms with van der Waals surface area (Å²) < 4.78 is 39.0. The molecule has 0 saturated carbocycles. The van der Waals surface area contributed by atoms with Crippen molar-refractivity contribution in [3.63, 3.8) is 0 Å². The van der Waals surface area contributed by atoms with Gasteiger partial charge >= 0.3 is 6.18 Å². The van der Waals surface area contributed by atoms with Gasteiger partial charge in [-0.3, -0.25) is 9.48 Å². The number of amides is 1. The highest BCUT2D eigenvalue weighted by molar-refractivity contribution is 9.10. The van der Waals surface area contributed by atoms with E-state index in [0.717, 1.165) is 0 Å². The second-order valence-electron chi connectivity index (χ2n) is 4.44. The minimum absolute atomic E-state index is 0.00342. The van der Waals surface area contributed by atoms with E-state index in [1.807, 2.05) is 13.8 Å². The van der Waals surface area contributed by atoms with Crippen LogP contribution in [0.3, 0.4) is 0 Å². The Morgan fingerprint density at radius 3 is 2.47 bits per heavy atom. The van der Waals surface area contributed by atoms with Gasteiger partial charge in [-0.05, 0) is 36.7 Å². The van der Waals surface area contributed by atoms with Crippen molar-refractivity contribution in [1.29, 1.82) is 0 Å². The lowest BCUT2D eigenvalue weighted by Crippen LogP contribution is -2.30. The van der Waals surface area contributed by atoms with Gasteiger partial charge in [-0.15, -0.1) is 0 Å². The fraction of sp³-hybridized carbons (Fsp3) is 0.636. The summed E-state index contributed by atoms with van der Waals surface area (Å²) in [4.78, 5) is 11.4. The van der Waals surface area contributed by atoms with Gasteiger partial charge in [0.2, 0.25) is 5.91 Å². The van der Waals surface area contributed by atoms with Gasteiger partial charge in [0.1, 0.15) is 0 Å². The number of rotatable bonds is 4. The van der Waals surface area contributed by atoms with E-state index in [4.69, 9.17) is 0 Å². The number of hydrogen-bond acceptors (Lipinski definition) is 2. The lowest BCUT2D eigenvalue weighted by atomic mass is 10.3. The first kappa shape index (κ1) is 16.0. The van der Waals surface area contributed by atoms with Crippen LogP contribution >= 0.6 is 15.9 Å². The van der Waals surface area contributed by atoms with Crippen LogP contribution in [0.5, 0.6) is 0 Å². The van der Waals surface area contributed by atoms with E-state index >= 15 is 0 Å². The van der Waals surface area contributed by atoms with E-state index in [9.17, 15) is 18.0 Å². The zero-order valence-corrected chi connectivity index (χ0v) is 12.4. The molecular weight excluding hydrogens is 327 g/mol. The quantitative estimate of drug-likeness (QED) is 0.915. The first-order valence-corrected chi connectivity index (χ1v) is 6.51. The highest BCUT2D eigenvalue weighted by Gasteiger charge is 2.37. The molecule has 0 aromatic carbocycles. The normalized spacial score (nSPS) is 12.0. The summed E-state index contributed by atoms with van der Waals surface area (Å²) >= 11 is 2.88. The number of aryl methyl sites for hydroxylation is 1. The average molecular weight is 342 g/mol. The zero-order chi connectivity index (χ0) is 14.8. The van der Waals surface area contributed by atoms with E-state index in [1.54, 1.807) is 0 Å². The van der Waals surface area contributed by atoms with Gasteiger partial charge in [0.05, 0.1) is 16.7 Å². The molecule has 0 atom stereocenters. The lowest BCUT2D eigenvalue weighted by Gasteiger charge is -2.08. The smallest absolute Gasteiger partial charge is 0.354 e. The van der Waals surface area contributed by atoms with Crippen molar-refractivity contribution >= 4 is 21.8 Å². The Balaban J connectivity index is 2.78. The Labute approximate surface area is 117 Å². The Kier molecular flexibility index (Phi) is 5.00. The van der Waals surface area contributed by atoms with E-state index < -0.39 is 11.9 Å². The first-order valence-electron chi connectivity index (χ1n) is 5.72. The molecule has 0 saturated heterocycles. The molecule has 0 aliphatic heterocycles. The van der Waals surface area contributed by atoms with Crippen LogP contribution in [0.2, 0.25) is 0 Å². The van der Waals surface area contributed by atoms with Gasteiger partial charge in [0, 0.05) is 12.5 Å². The summed E-state index contributed by atoms with van der Waals surface area (Å²) in [6, 6.07) is 0.00342. The molecular formula is C11H15BrF3N3O. The Bertz CT molecular complexity index is 468. The molecule has 0 bridgehead atoms. The van der Waals surface area contributed by atoms with Crippen LogP contribution in [-0.4, -0.2) is 21.7 Å². The van der Waals surface area contributed by atoms with Gasteiger partial charge in [-0.1, -0.05) is 0 Å². The number of carbonyl (C=O) groups is 1. The number of hydrogen-bond donors (Lipinski definition) is 1. The largest absolute Gasteiger partial charge is 0.436 e. The molecule has 108 valence electrons. The average Bonchev–Trinajstić information content (AvgIpc) is 2.52. The molecule has 0 aliphatic rings.